The Bertz CT molecular complexity index is 462. The van der Waals surface area contributed by atoms with Crippen molar-refractivity contribution in [2.24, 2.45) is 0 Å². The summed E-state index contributed by atoms with van der Waals surface area (Å²) in [6.07, 6.45) is -0.287. The third-order valence-electron chi connectivity index (χ3n) is 2.03. The van der Waals surface area contributed by atoms with Crippen LogP contribution in [0.5, 0.6) is 5.75 Å². The molecule has 0 saturated heterocycles. The maximum absolute atomic E-state index is 11.8. The number of rotatable bonds is 6. The minimum atomic E-state index is -4.12. The molecule has 0 spiro atoms. The van der Waals surface area contributed by atoms with Crippen molar-refractivity contribution in [1.29, 1.82) is 0 Å². The molecule has 0 fully saturated rings. The van der Waals surface area contributed by atoms with Crippen molar-refractivity contribution < 1.29 is 23.5 Å². The molecule has 1 unspecified atom stereocenters. The van der Waals surface area contributed by atoms with E-state index in [-0.39, 0.29) is 11.9 Å². The quantitative estimate of drug-likeness (QED) is 0.615. The number of benzene rings is 1. The third-order valence-corrected chi connectivity index (χ3v) is 3.21. The smallest absolute Gasteiger partial charge is 0.456 e. The summed E-state index contributed by atoms with van der Waals surface area (Å²) in [5.41, 5.74) is 0. The van der Waals surface area contributed by atoms with Gasteiger partial charge in [-0.2, -0.15) is 5.09 Å². The Labute approximate surface area is 112 Å². The molecule has 106 valence electrons. The lowest BCUT2D eigenvalue weighted by molar-refractivity contribution is -0.149. The first-order valence-electron chi connectivity index (χ1n) is 5.86. The Morgan fingerprint density at radius 2 is 1.84 bits per heavy atom. The van der Waals surface area contributed by atoms with Gasteiger partial charge in [-0.25, -0.2) is 4.57 Å². The first-order chi connectivity index (χ1) is 8.80. The van der Waals surface area contributed by atoms with Crippen molar-refractivity contribution in [3.8, 4) is 5.75 Å². The van der Waals surface area contributed by atoms with Crippen molar-refractivity contribution in [1.82, 2.24) is 5.09 Å². The summed E-state index contributed by atoms with van der Waals surface area (Å²) in [6.45, 7) is 4.83. The normalized spacial score (nSPS) is 15.6. The fraction of sp³-hybridized carbons (Fsp3) is 0.417. The van der Waals surface area contributed by atoms with E-state index in [1.807, 2.05) is 0 Å². The van der Waals surface area contributed by atoms with E-state index in [1.54, 1.807) is 44.2 Å². The lowest BCUT2D eigenvalue weighted by Crippen LogP contribution is -2.35. The number of esters is 1. The molecule has 1 aromatic carbocycles. The Morgan fingerprint density at radius 3 is 2.37 bits per heavy atom. The maximum Gasteiger partial charge on any atom is 0.456 e. The van der Waals surface area contributed by atoms with Crippen LogP contribution in [0.2, 0.25) is 0 Å². The van der Waals surface area contributed by atoms with Crippen molar-refractivity contribution in [2.45, 2.75) is 32.9 Å². The van der Waals surface area contributed by atoms with E-state index in [1.165, 1.54) is 6.92 Å². The average molecular weight is 287 g/mol. The second-order valence-electron chi connectivity index (χ2n) is 4.26. The SMILES string of the molecule is CC(C)OC(=O)[C@@H](C)NP(=O)(O)Oc1ccccc1. The number of carbonyl (C=O) groups is 1. The fourth-order valence-electron chi connectivity index (χ4n) is 1.28. The predicted octanol–water partition coefficient (Wildman–Crippen LogP) is 2.10. The molecule has 0 aromatic heterocycles. The van der Waals surface area contributed by atoms with Crippen LogP contribution in [0.3, 0.4) is 0 Å². The number of carbonyl (C=O) groups excluding carboxylic acids is 1. The molecule has 2 atom stereocenters. The molecule has 6 nitrogen and oxygen atoms in total. The molecule has 1 aromatic rings. The lowest BCUT2D eigenvalue weighted by Gasteiger charge is -2.19. The van der Waals surface area contributed by atoms with Gasteiger partial charge in [0.05, 0.1) is 6.10 Å². The monoisotopic (exact) mass is 287 g/mol. The van der Waals surface area contributed by atoms with E-state index in [0.29, 0.717) is 0 Å². The number of ether oxygens (including phenoxy) is 1. The molecule has 0 saturated carbocycles. The van der Waals surface area contributed by atoms with E-state index in [2.05, 4.69) is 5.09 Å². The highest BCUT2D eigenvalue weighted by atomic mass is 31.2. The van der Waals surface area contributed by atoms with Crippen LogP contribution in [0.4, 0.5) is 0 Å². The molecule has 2 N–H and O–H groups in total. The van der Waals surface area contributed by atoms with E-state index in [4.69, 9.17) is 9.26 Å². The van der Waals surface area contributed by atoms with E-state index in [9.17, 15) is 14.3 Å². The van der Waals surface area contributed by atoms with Gasteiger partial charge in [0.1, 0.15) is 11.8 Å². The molecule has 1 rings (SSSR count). The molecule has 0 radical (unpaired) electrons. The van der Waals surface area contributed by atoms with Gasteiger partial charge in [-0.3, -0.25) is 4.79 Å². The van der Waals surface area contributed by atoms with Crippen LogP contribution in [-0.2, 0) is 14.1 Å². The van der Waals surface area contributed by atoms with Gasteiger partial charge in [0.2, 0.25) is 0 Å². The molecule has 0 aliphatic heterocycles. The van der Waals surface area contributed by atoms with E-state index in [0.717, 1.165) is 0 Å². The van der Waals surface area contributed by atoms with Crippen molar-refractivity contribution in [2.75, 3.05) is 0 Å². The average Bonchev–Trinajstić information content (AvgIpc) is 2.27. The Balaban J connectivity index is 2.59. The molecule has 7 heteroatoms. The zero-order valence-corrected chi connectivity index (χ0v) is 12.0. The van der Waals surface area contributed by atoms with Gasteiger partial charge in [-0.15, -0.1) is 0 Å². The number of para-hydroxylation sites is 1. The van der Waals surface area contributed by atoms with Gasteiger partial charge < -0.3 is 14.2 Å². The molecule has 19 heavy (non-hydrogen) atoms. The van der Waals surface area contributed by atoms with E-state index < -0.39 is 19.8 Å². The largest absolute Gasteiger partial charge is 0.462 e. The second-order valence-corrected chi connectivity index (χ2v) is 5.74. The lowest BCUT2D eigenvalue weighted by atomic mass is 10.3. The molecule has 0 aliphatic rings. The summed E-state index contributed by atoms with van der Waals surface area (Å²) in [4.78, 5) is 21.1. The molecule has 0 heterocycles. The van der Waals surface area contributed by atoms with E-state index >= 15 is 0 Å². The van der Waals surface area contributed by atoms with Crippen LogP contribution in [-0.4, -0.2) is 23.0 Å². The van der Waals surface area contributed by atoms with Gasteiger partial charge in [0.25, 0.3) is 0 Å². The number of hydrogen-bond acceptors (Lipinski definition) is 4. The second kappa shape index (κ2) is 6.70. The summed E-state index contributed by atoms with van der Waals surface area (Å²) in [6, 6.07) is 7.24. The Morgan fingerprint density at radius 1 is 1.26 bits per heavy atom. The summed E-state index contributed by atoms with van der Waals surface area (Å²) < 4.78 is 21.6. The van der Waals surface area contributed by atoms with Crippen LogP contribution in [0.15, 0.2) is 30.3 Å². The minimum Gasteiger partial charge on any atom is -0.462 e. The van der Waals surface area contributed by atoms with Crippen molar-refractivity contribution in [3.63, 3.8) is 0 Å². The predicted molar refractivity (Wildman–Crippen MR) is 70.7 cm³/mol. The number of hydrogen-bond donors (Lipinski definition) is 2. The summed E-state index contributed by atoms with van der Waals surface area (Å²) >= 11 is 0. The Hall–Kier alpha value is -1.36. The first-order valence-corrected chi connectivity index (χ1v) is 7.43. The maximum atomic E-state index is 11.8. The standard InChI is InChI=1S/C12H18NO5P/c1-9(2)17-12(14)10(3)13-19(15,16)18-11-7-5-4-6-8-11/h4-10H,1-3H3,(H2,13,15,16)/t10-/m1/s1. The Kier molecular flexibility index (Phi) is 5.54. The third kappa shape index (κ3) is 5.87. The fourth-order valence-corrected chi connectivity index (χ4v) is 2.34. The highest BCUT2D eigenvalue weighted by molar-refractivity contribution is 7.51. The van der Waals surface area contributed by atoms with Gasteiger partial charge in [0, 0.05) is 0 Å². The summed E-state index contributed by atoms with van der Waals surface area (Å²) in [5, 5.41) is 2.22. The zero-order valence-electron chi connectivity index (χ0n) is 11.1. The number of nitrogens with one attached hydrogen (secondary N) is 1. The summed E-state index contributed by atoms with van der Waals surface area (Å²) in [5.74, 6) is -0.369. The molecule has 0 bridgehead atoms. The highest BCUT2D eigenvalue weighted by Crippen LogP contribution is 2.38. The minimum absolute atomic E-state index is 0.241. The van der Waals surface area contributed by atoms with Gasteiger partial charge in [-0.1, -0.05) is 18.2 Å². The molecular formula is C12H18NO5P. The van der Waals surface area contributed by atoms with Crippen molar-refractivity contribution in [3.05, 3.63) is 30.3 Å². The first kappa shape index (κ1) is 15.7. The van der Waals surface area contributed by atoms with Gasteiger partial charge in [0.15, 0.2) is 0 Å². The molecular weight excluding hydrogens is 269 g/mol. The zero-order chi connectivity index (χ0) is 14.5. The van der Waals surface area contributed by atoms with Crippen LogP contribution < -0.4 is 9.61 Å². The van der Waals surface area contributed by atoms with Crippen LogP contribution in [0.25, 0.3) is 0 Å². The highest BCUT2D eigenvalue weighted by Gasteiger charge is 2.28. The van der Waals surface area contributed by atoms with Gasteiger partial charge >= 0.3 is 13.7 Å². The molecule has 0 aliphatic carbocycles. The van der Waals surface area contributed by atoms with Gasteiger partial charge in [-0.05, 0) is 32.9 Å². The van der Waals surface area contributed by atoms with Crippen LogP contribution in [0.1, 0.15) is 20.8 Å². The topological polar surface area (TPSA) is 84.9 Å². The van der Waals surface area contributed by atoms with Crippen LogP contribution in [0, 0.1) is 0 Å². The van der Waals surface area contributed by atoms with Crippen LogP contribution >= 0.6 is 7.75 Å². The van der Waals surface area contributed by atoms with Crippen molar-refractivity contribution >= 4 is 13.7 Å². The molecule has 0 amide bonds. The summed E-state index contributed by atoms with van der Waals surface area (Å²) in [7, 11) is -4.12.